The second-order valence-corrected chi connectivity index (χ2v) is 10.6. The number of nitrogens with zero attached hydrogens (tertiary/aromatic N) is 3. The van der Waals surface area contributed by atoms with E-state index in [1.54, 1.807) is 0 Å². The maximum absolute atomic E-state index is 12.4. The first-order valence-electron chi connectivity index (χ1n) is 9.68. The highest BCUT2D eigenvalue weighted by Gasteiger charge is 2.49. The topological polar surface area (TPSA) is 103 Å². The van der Waals surface area contributed by atoms with Crippen LogP contribution in [0.5, 0.6) is 0 Å². The molecule has 2 atom stereocenters. The molecule has 2 aliphatic heterocycles. The van der Waals surface area contributed by atoms with Crippen LogP contribution in [0.2, 0.25) is 0 Å². The fourth-order valence-electron chi connectivity index (χ4n) is 3.60. The summed E-state index contributed by atoms with van der Waals surface area (Å²) in [4.78, 5) is 18.7. The molecule has 2 fully saturated rings. The number of nitriles is 1. The zero-order valence-electron chi connectivity index (χ0n) is 16.5. The van der Waals surface area contributed by atoms with Gasteiger partial charge in [-0.2, -0.15) is 5.26 Å². The molecule has 0 spiro atoms. The zero-order chi connectivity index (χ0) is 21.8. The average Bonchev–Trinajstić information content (AvgIpc) is 3.25. The van der Waals surface area contributed by atoms with Crippen molar-refractivity contribution in [2.75, 3.05) is 16.4 Å². The molecule has 0 radical (unpaired) electrons. The molecule has 0 unspecified atom stereocenters. The largest absolute Gasteiger partial charge is 0.347 e. The first-order chi connectivity index (χ1) is 15.0. The second kappa shape index (κ2) is 8.96. The number of aliphatic imine (C=N–C) groups is 1. The summed E-state index contributed by atoms with van der Waals surface area (Å²) < 4.78 is 24.3. The fraction of sp³-hybridized carbons (Fsp3) is 0.227. The highest BCUT2D eigenvalue weighted by atomic mass is 32.2. The van der Waals surface area contributed by atoms with Crippen LogP contribution >= 0.6 is 11.8 Å². The Morgan fingerprint density at radius 2 is 1.84 bits per heavy atom. The summed E-state index contributed by atoms with van der Waals surface area (Å²) in [6.07, 6.45) is 1.26. The van der Waals surface area contributed by atoms with Gasteiger partial charge in [-0.15, -0.1) is 0 Å². The van der Waals surface area contributed by atoms with Crippen molar-refractivity contribution in [2.45, 2.75) is 17.8 Å². The van der Waals surface area contributed by atoms with Crippen LogP contribution in [0.15, 0.2) is 77.4 Å². The lowest BCUT2D eigenvalue weighted by Crippen LogP contribution is -2.37. The van der Waals surface area contributed by atoms with Gasteiger partial charge in [-0.25, -0.2) is 13.4 Å². The van der Waals surface area contributed by atoms with Gasteiger partial charge in [0.2, 0.25) is 0 Å². The number of hydrogen-bond donors (Lipinski definition) is 1. The molecular formula is C22H20N4O3S2. The molecular weight excluding hydrogens is 432 g/mol. The number of amidine groups is 1. The molecule has 31 heavy (non-hydrogen) atoms. The Kier molecular flexibility index (Phi) is 6.11. The molecule has 2 aromatic carbocycles. The van der Waals surface area contributed by atoms with Gasteiger partial charge in [0.25, 0.3) is 5.91 Å². The van der Waals surface area contributed by atoms with E-state index in [-0.39, 0.29) is 28.4 Å². The quantitative estimate of drug-likeness (QED) is 0.552. The van der Waals surface area contributed by atoms with Crippen LogP contribution in [0.3, 0.4) is 0 Å². The van der Waals surface area contributed by atoms with Crippen LogP contribution in [0.4, 0.5) is 5.69 Å². The Morgan fingerprint density at radius 3 is 2.52 bits per heavy atom. The second-order valence-electron chi connectivity index (χ2n) is 7.24. The molecule has 2 aromatic rings. The highest BCUT2D eigenvalue weighted by Crippen LogP contribution is 2.40. The van der Waals surface area contributed by atoms with E-state index in [9.17, 15) is 18.5 Å². The first kappa shape index (κ1) is 21.2. The number of hydrogen-bond acceptors (Lipinski definition) is 6. The minimum atomic E-state index is -3.10. The molecule has 0 saturated carbocycles. The number of sulfone groups is 1. The number of nitrogens with one attached hydrogen (secondary N) is 1. The maximum Gasteiger partial charge on any atom is 0.263 e. The van der Waals surface area contributed by atoms with E-state index < -0.39 is 15.7 Å². The maximum atomic E-state index is 12.4. The van der Waals surface area contributed by atoms with Gasteiger partial charge >= 0.3 is 0 Å². The van der Waals surface area contributed by atoms with Gasteiger partial charge in [0.1, 0.15) is 11.6 Å². The summed E-state index contributed by atoms with van der Waals surface area (Å²) in [6.45, 7) is 0.308. The summed E-state index contributed by atoms with van der Waals surface area (Å²) in [6, 6.07) is 20.5. The minimum Gasteiger partial charge on any atom is -0.347 e. The first-order valence-corrected chi connectivity index (χ1v) is 12.4. The molecule has 158 valence electrons. The molecule has 4 rings (SSSR count). The Hall–Kier alpha value is -3.09. The molecule has 2 heterocycles. The Balaban J connectivity index is 1.56. The number of anilines is 1. The lowest BCUT2D eigenvalue weighted by molar-refractivity contribution is -0.117. The van der Waals surface area contributed by atoms with E-state index in [1.807, 2.05) is 71.6 Å². The Labute approximate surface area is 185 Å². The predicted molar refractivity (Wildman–Crippen MR) is 122 cm³/mol. The molecule has 1 amide bonds. The Bertz CT molecular complexity index is 1170. The van der Waals surface area contributed by atoms with Crippen LogP contribution in [0.1, 0.15) is 5.56 Å². The summed E-state index contributed by atoms with van der Waals surface area (Å²) >= 11 is 1.37. The van der Waals surface area contributed by atoms with Crippen LogP contribution < -0.4 is 10.2 Å². The predicted octanol–water partition coefficient (Wildman–Crippen LogP) is 2.49. The van der Waals surface area contributed by atoms with Crippen molar-refractivity contribution in [3.63, 3.8) is 0 Å². The number of carbonyl (C=O) groups is 1. The average molecular weight is 453 g/mol. The summed E-state index contributed by atoms with van der Waals surface area (Å²) in [5.74, 6) is -0.352. The van der Waals surface area contributed by atoms with Crippen molar-refractivity contribution >= 4 is 38.4 Å². The SMILES string of the molecule is N#C/C(=C\N=C1S[C@H]2CS(=O)(=O)C[C@H]2N1c1ccccc1)C(=O)NCc1ccccc1. The molecule has 9 heteroatoms. The minimum absolute atomic E-state index is 0.0605. The standard InChI is InChI=1S/C22H20N4O3S2/c23-11-17(21(27)24-12-16-7-3-1-4-8-16)13-25-22-26(18-9-5-2-6-10-18)19-14-31(28,29)15-20(19)30-22/h1-10,13,19-20H,12,14-15H2,(H,24,27)/b17-13+,25-22?/t19-,20+/m1/s1. The molecule has 7 nitrogen and oxygen atoms in total. The number of fused-ring (bicyclic) bond motifs is 1. The number of benzene rings is 2. The molecule has 2 saturated heterocycles. The molecule has 0 bridgehead atoms. The van der Waals surface area contributed by atoms with Crippen LogP contribution in [-0.2, 0) is 21.2 Å². The number of para-hydroxylation sites is 1. The van der Waals surface area contributed by atoms with Gasteiger partial charge in [-0.1, -0.05) is 60.3 Å². The molecule has 2 aliphatic rings. The third-order valence-electron chi connectivity index (χ3n) is 5.07. The summed E-state index contributed by atoms with van der Waals surface area (Å²) in [5, 5.41) is 12.6. The van der Waals surface area contributed by atoms with Crippen molar-refractivity contribution in [3.05, 3.63) is 78.0 Å². The lowest BCUT2D eigenvalue weighted by atomic mass is 10.2. The van der Waals surface area contributed by atoms with E-state index in [1.165, 1.54) is 18.0 Å². The highest BCUT2D eigenvalue weighted by molar-refractivity contribution is 8.16. The third kappa shape index (κ3) is 4.81. The monoisotopic (exact) mass is 452 g/mol. The zero-order valence-corrected chi connectivity index (χ0v) is 18.1. The number of rotatable bonds is 5. The smallest absolute Gasteiger partial charge is 0.263 e. The van der Waals surface area contributed by atoms with E-state index in [2.05, 4.69) is 10.3 Å². The van der Waals surface area contributed by atoms with E-state index in [0.29, 0.717) is 11.7 Å². The number of thioether (sulfide) groups is 1. The Morgan fingerprint density at radius 1 is 1.16 bits per heavy atom. The number of carbonyl (C=O) groups excluding carboxylic acids is 1. The van der Waals surface area contributed by atoms with Gasteiger partial charge in [-0.3, -0.25) is 4.79 Å². The van der Waals surface area contributed by atoms with Crippen molar-refractivity contribution in [1.82, 2.24) is 5.32 Å². The normalized spacial score (nSPS) is 23.4. The van der Waals surface area contributed by atoms with Crippen molar-refractivity contribution in [1.29, 1.82) is 5.26 Å². The van der Waals surface area contributed by atoms with Gasteiger partial charge < -0.3 is 10.2 Å². The van der Waals surface area contributed by atoms with E-state index in [4.69, 9.17) is 0 Å². The molecule has 1 N–H and O–H groups in total. The van der Waals surface area contributed by atoms with Crippen LogP contribution in [0, 0.1) is 11.3 Å². The number of amides is 1. The van der Waals surface area contributed by atoms with Crippen LogP contribution in [0.25, 0.3) is 0 Å². The van der Waals surface area contributed by atoms with E-state index >= 15 is 0 Å². The van der Waals surface area contributed by atoms with Gasteiger partial charge in [0.15, 0.2) is 15.0 Å². The van der Waals surface area contributed by atoms with E-state index in [0.717, 1.165) is 11.3 Å². The fourth-order valence-corrected chi connectivity index (χ4v) is 7.49. The molecule has 0 aliphatic carbocycles. The molecule has 0 aromatic heterocycles. The van der Waals surface area contributed by atoms with Crippen molar-refractivity contribution in [3.8, 4) is 6.07 Å². The van der Waals surface area contributed by atoms with Crippen molar-refractivity contribution < 1.29 is 13.2 Å². The lowest BCUT2D eigenvalue weighted by Gasteiger charge is -2.24. The van der Waals surface area contributed by atoms with Crippen molar-refractivity contribution in [2.24, 2.45) is 4.99 Å². The van der Waals surface area contributed by atoms with Crippen LogP contribution in [-0.4, -0.2) is 42.3 Å². The summed E-state index contributed by atoms with van der Waals surface area (Å²) in [5.41, 5.74) is 1.65. The van der Waals surface area contributed by atoms with Gasteiger partial charge in [-0.05, 0) is 17.7 Å². The van der Waals surface area contributed by atoms with Gasteiger partial charge in [0.05, 0.1) is 23.7 Å². The third-order valence-corrected chi connectivity index (χ3v) is 8.29. The van der Waals surface area contributed by atoms with Gasteiger partial charge in [0, 0.05) is 17.5 Å². The summed E-state index contributed by atoms with van der Waals surface area (Å²) in [7, 11) is -3.10.